The Kier molecular flexibility index (Phi) is 3.32. The van der Waals surface area contributed by atoms with Gasteiger partial charge in [-0.25, -0.2) is 13.8 Å². The number of hydrogen-bond acceptors (Lipinski definition) is 3. The second-order valence-corrected chi connectivity index (χ2v) is 4.28. The Morgan fingerprint density at radius 3 is 2.40 bits per heavy atom. The number of alkyl halides is 5. The molecule has 20 heavy (non-hydrogen) atoms. The number of aromatic nitrogens is 2. The number of aliphatic hydroxyl groups is 1. The molecule has 1 aromatic heterocycles. The van der Waals surface area contributed by atoms with Crippen LogP contribution in [0, 0.1) is 0 Å². The molecule has 110 valence electrons. The number of anilines is 1. The molecule has 1 aromatic carbocycles. The van der Waals surface area contributed by atoms with E-state index in [4.69, 9.17) is 10.8 Å². The van der Waals surface area contributed by atoms with Crippen molar-refractivity contribution in [2.45, 2.75) is 18.6 Å². The van der Waals surface area contributed by atoms with Crippen LogP contribution in [0.4, 0.5) is 27.6 Å². The molecule has 0 aliphatic rings. The van der Waals surface area contributed by atoms with Crippen molar-refractivity contribution in [3.8, 4) is 0 Å². The Morgan fingerprint density at radius 1 is 1.20 bits per heavy atom. The Morgan fingerprint density at radius 2 is 1.85 bits per heavy atom. The minimum atomic E-state index is -4.89. The summed E-state index contributed by atoms with van der Waals surface area (Å²) in [7, 11) is 0. The van der Waals surface area contributed by atoms with Crippen LogP contribution in [0.25, 0.3) is 11.0 Å². The average molecular weight is 295 g/mol. The highest BCUT2D eigenvalue weighted by Crippen LogP contribution is 2.33. The smallest absolute Gasteiger partial charge is 0.399 e. The van der Waals surface area contributed by atoms with Crippen LogP contribution in [-0.4, -0.2) is 27.2 Å². The first-order valence-electron chi connectivity index (χ1n) is 5.46. The van der Waals surface area contributed by atoms with E-state index in [1.807, 2.05) is 0 Å². The molecular weight excluding hydrogens is 285 g/mol. The van der Waals surface area contributed by atoms with Gasteiger partial charge in [0, 0.05) is 5.69 Å². The van der Waals surface area contributed by atoms with Crippen molar-refractivity contribution in [1.82, 2.24) is 9.55 Å². The topological polar surface area (TPSA) is 64.1 Å². The molecule has 0 radical (unpaired) electrons. The number of aliphatic hydroxyl groups excluding tert-OH is 1. The van der Waals surface area contributed by atoms with Crippen molar-refractivity contribution in [1.29, 1.82) is 0 Å². The Balaban J connectivity index is 2.65. The average Bonchev–Trinajstić information content (AvgIpc) is 2.66. The third-order valence-electron chi connectivity index (χ3n) is 2.65. The maximum Gasteiger partial charge on any atom is 0.449 e. The molecule has 0 bridgehead atoms. The number of fused-ring (bicyclic) bond motifs is 1. The summed E-state index contributed by atoms with van der Waals surface area (Å²) >= 11 is 0. The van der Waals surface area contributed by atoms with Gasteiger partial charge in [0.1, 0.15) is 6.61 Å². The Labute approximate surface area is 109 Å². The van der Waals surface area contributed by atoms with Gasteiger partial charge in [-0.05, 0) is 18.2 Å². The first-order valence-corrected chi connectivity index (χ1v) is 5.46. The first kappa shape index (κ1) is 14.5. The SMILES string of the molecule is Nc1ccc2c(c1)nc(C(F)(F)F)n2CC(F)(F)CO. The van der Waals surface area contributed by atoms with Crippen molar-refractivity contribution in [2.24, 2.45) is 0 Å². The maximum absolute atomic E-state index is 13.2. The number of benzene rings is 1. The minimum absolute atomic E-state index is 0.125. The van der Waals surface area contributed by atoms with E-state index in [0.717, 1.165) is 6.07 Å². The number of rotatable bonds is 3. The van der Waals surface area contributed by atoms with E-state index in [0.29, 0.717) is 4.57 Å². The minimum Gasteiger partial charge on any atom is -0.399 e. The maximum atomic E-state index is 13.2. The predicted octanol–water partition coefficient (Wildman–Crippen LogP) is 2.26. The van der Waals surface area contributed by atoms with Gasteiger partial charge >= 0.3 is 6.18 Å². The molecule has 0 atom stereocenters. The van der Waals surface area contributed by atoms with Crippen LogP contribution < -0.4 is 5.73 Å². The molecule has 0 aliphatic carbocycles. The fourth-order valence-electron chi connectivity index (χ4n) is 1.80. The predicted molar refractivity (Wildman–Crippen MR) is 61.2 cm³/mol. The number of imidazole rings is 1. The van der Waals surface area contributed by atoms with Gasteiger partial charge < -0.3 is 15.4 Å². The fourth-order valence-corrected chi connectivity index (χ4v) is 1.80. The van der Waals surface area contributed by atoms with E-state index in [9.17, 15) is 22.0 Å². The number of halogens is 5. The molecule has 0 fully saturated rings. The number of hydrogen-bond donors (Lipinski definition) is 2. The lowest BCUT2D eigenvalue weighted by molar-refractivity contribution is -0.149. The zero-order chi connectivity index (χ0) is 15.1. The fraction of sp³-hybridized carbons (Fsp3) is 0.364. The molecule has 1 heterocycles. The van der Waals surface area contributed by atoms with Crippen molar-refractivity contribution < 1.29 is 27.1 Å². The first-order chi connectivity index (χ1) is 9.14. The molecule has 4 nitrogen and oxygen atoms in total. The summed E-state index contributed by atoms with van der Waals surface area (Å²) in [5, 5.41) is 8.52. The second kappa shape index (κ2) is 4.58. The van der Waals surface area contributed by atoms with Gasteiger partial charge in [-0.15, -0.1) is 0 Å². The number of nitrogens with zero attached hydrogens (tertiary/aromatic N) is 2. The molecular formula is C11H10F5N3O. The van der Waals surface area contributed by atoms with E-state index >= 15 is 0 Å². The summed E-state index contributed by atoms with van der Waals surface area (Å²) in [5.74, 6) is -5.14. The molecule has 2 rings (SSSR count). The van der Waals surface area contributed by atoms with Gasteiger partial charge in [-0.3, -0.25) is 0 Å². The van der Waals surface area contributed by atoms with Crippen molar-refractivity contribution >= 4 is 16.7 Å². The van der Waals surface area contributed by atoms with E-state index in [1.54, 1.807) is 0 Å². The van der Waals surface area contributed by atoms with E-state index in [1.165, 1.54) is 12.1 Å². The van der Waals surface area contributed by atoms with Crippen LogP contribution in [0.5, 0.6) is 0 Å². The van der Waals surface area contributed by atoms with Crippen LogP contribution in [0.3, 0.4) is 0 Å². The molecule has 0 unspecified atom stereocenters. The Bertz CT molecular complexity index is 635. The second-order valence-electron chi connectivity index (χ2n) is 4.28. The van der Waals surface area contributed by atoms with E-state index in [2.05, 4.69) is 4.98 Å². The summed E-state index contributed by atoms with van der Waals surface area (Å²) < 4.78 is 65.3. The summed E-state index contributed by atoms with van der Waals surface area (Å²) in [6, 6.07) is 3.64. The van der Waals surface area contributed by atoms with E-state index < -0.39 is 31.1 Å². The van der Waals surface area contributed by atoms with Gasteiger partial charge in [0.15, 0.2) is 0 Å². The summed E-state index contributed by atoms with van der Waals surface area (Å²) in [6.07, 6.45) is -4.89. The van der Waals surface area contributed by atoms with Crippen molar-refractivity contribution in [2.75, 3.05) is 12.3 Å². The van der Waals surface area contributed by atoms with Crippen molar-refractivity contribution in [3.63, 3.8) is 0 Å². The number of nitrogens with two attached hydrogens (primary N) is 1. The van der Waals surface area contributed by atoms with Crippen LogP contribution in [0.15, 0.2) is 18.2 Å². The summed E-state index contributed by atoms with van der Waals surface area (Å²) in [5.41, 5.74) is 5.34. The summed E-state index contributed by atoms with van der Waals surface area (Å²) in [4.78, 5) is 3.31. The van der Waals surface area contributed by atoms with Crippen LogP contribution in [-0.2, 0) is 12.7 Å². The molecule has 9 heteroatoms. The van der Waals surface area contributed by atoms with Crippen LogP contribution in [0.2, 0.25) is 0 Å². The summed E-state index contributed by atoms with van der Waals surface area (Å²) in [6.45, 7) is -2.88. The lowest BCUT2D eigenvalue weighted by Gasteiger charge is -2.17. The zero-order valence-electron chi connectivity index (χ0n) is 9.96. The normalized spacial score (nSPS) is 13.1. The molecule has 3 N–H and O–H groups in total. The van der Waals surface area contributed by atoms with E-state index in [-0.39, 0.29) is 16.7 Å². The molecule has 2 aromatic rings. The third kappa shape index (κ3) is 2.67. The molecule has 0 saturated carbocycles. The largest absolute Gasteiger partial charge is 0.449 e. The quantitative estimate of drug-likeness (QED) is 0.674. The lowest BCUT2D eigenvalue weighted by Crippen LogP contribution is -2.30. The standard InChI is InChI=1S/C11H10F5N3O/c12-10(13,5-20)4-19-8-2-1-6(17)3-7(8)18-9(19)11(14,15)16/h1-3,20H,4-5,17H2. The van der Waals surface area contributed by atoms with Crippen LogP contribution >= 0.6 is 0 Å². The molecule has 0 amide bonds. The highest BCUT2D eigenvalue weighted by molar-refractivity contribution is 5.79. The van der Waals surface area contributed by atoms with Crippen molar-refractivity contribution in [3.05, 3.63) is 24.0 Å². The third-order valence-corrected chi connectivity index (χ3v) is 2.65. The number of nitrogen functional groups attached to an aromatic ring is 1. The molecule has 0 spiro atoms. The zero-order valence-corrected chi connectivity index (χ0v) is 9.96. The Hall–Kier alpha value is -1.90. The monoisotopic (exact) mass is 295 g/mol. The molecule has 0 saturated heterocycles. The lowest BCUT2D eigenvalue weighted by atomic mass is 10.2. The van der Waals surface area contributed by atoms with Crippen LogP contribution in [0.1, 0.15) is 5.82 Å². The van der Waals surface area contributed by atoms with Gasteiger partial charge in [-0.1, -0.05) is 0 Å². The van der Waals surface area contributed by atoms with Gasteiger partial charge in [0.05, 0.1) is 17.6 Å². The highest BCUT2D eigenvalue weighted by Gasteiger charge is 2.40. The molecule has 0 aliphatic heterocycles. The van der Waals surface area contributed by atoms with Gasteiger partial charge in [-0.2, -0.15) is 13.2 Å². The van der Waals surface area contributed by atoms with Gasteiger partial charge in [0.2, 0.25) is 5.82 Å². The highest BCUT2D eigenvalue weighted by atomic mass is 19.4. The van der Waals surface area contributed by atoms with Gasteiger partial charge in [0.25, 0.3) is 5.92 Å².